The Morgan fingerprint density at radius 1 is 0.925 bits per heavy atom. The van der Waals surface area contributed by atoms with E-state index in [2.05, 4.69) is 20.9 Å². The van der Waals surface area contributed by atoms with Crippen molar-refractivity contribution in [1.82, 2.24) is 20.9 Å². The molecule has 3 amide bonds. The molecule has 4 unspecified atom stereocenters. The van der Waals surface area contributed by atoms with Gasteiger partial charge in [0.25, 0.3) is 0 Å². The van der Waals surface area contributed by atoms with Gasteiger partial charge >= 0.3 is 11.9 Å². The lowest BCUT2D eigenvalue weighted by molar-refractivity contribution is -0.143. The van der Waals surface area contributed by atoms with Gasteiger partial charge in [-0.2, -0.15) is 11.8 Å². The third-order valence-electron chi connectivity index (χ3n) is 6.27. The molecule has 220 valence electrons. The summed E-state index contributed by atoms with van der Waals surface area (Å²) < 4.78 is 0. The molecule has 0 saturated carbocycles. The quantitative estimate of drug-likeness (QED) is 0.110. The number of fused-ring (bicyclic) bond motifs is 1. The average molecular weight is 579 g/mol. The minimum Gasteiger partial charge on any atom is -0.481 e. The molecule has 4 atom stereocenters. The lowest BCUT2D eigenvalue weighted by atomic mass is 10.0. The zero-order chi connectivity index (χ0) is 29.7. The highest BCUT2D eigenvalue weighted by atomic mass is 32.2. The maximum atomic E-state index is 13.1. The van der Waals surface area contributed by atoms with Crippen molar-refractivity contribution >= 4 is 52.3 Å². The van der Waals surface area contributed by atoms with Crippen LogP contribution in [0, 0.1) is 0 Å². The number of carbonyl (C=O) groups excluding carboxylic acids is 3. The number of aliphatic carboxylic acids is 2. The molecule has 0 aliphatic rings. The van der Waals surface area contributed by atoms with Crippen molar-refractivity contribution in [3.05, 3.63) is 36.0 Å². The number of carboxylic acids is 2. The summed E-state index contributed by atoms with van der Waals surface area (Å²) in [6, 6.07) is 2.54. The molecular formula is C26H38N6O7S. The van der Waals surface area contributed by atoms with Crippen molar-refractivity contribution < 1.29 is 34.2 Å². The molecule has 0 spiro atoms. The fourth-order valence-corrected chi connectivity index (χ4v) is 4.56. The molecule has 0 saturated heterocycles. The van der Waals surface area contributed by atoms with E-state index in [9.17, 15) is 34.2 Å². The number of aromatic amines is 1. The number of benzene rings is 1. The summed E-state index contributed by atoms with van der Waals surface area (Å²) in [5.74, 6) is -4.47. The van der Waals surface area contributed by atoms with Crippen molar-refractivity contribution in [2.24, 2.45) is 11.5 Å². The summed E-state index contributed by atoms with van der Waals surface area (Å²) in [4.78, 5) is 65.1. The molecule has 13 nitrogen and oxygen atoms in total. The monoisotopic (exact) mass is 578 g/mol. The number of hydrogen-bond donors (Lipinski definition) is 8. The third kappa shape index (κ3) is 10.2. The Bertz CT molecular complexity index is 1170. The lowest BCUT2D eigenvalue weighted by Gasteiger charge is -2.24. The van der Waals surface area contributed by atoms with Gasteiger partial charge in [-0.1, -0.05) is 18.2 Å². The van der Waals surface area contributed by atoms with Gasteiger partial charge in [0.2, 0.25) is 17.7 Å². The number of hydrogen-bond acceptors (Lipinski definition) is 8. The molecule has 14 heteroatoms. The van der Waals surface area contributed by atoms with Crippen LogP contribution in [0.3, 0.4) is 0 Å². The predicted molar refractivity (Wildman–Crippen MR) is 152 cm³/mol. The predicted octanol–water partition coefficient (Wildman–Crippen LogP) is -0.0665. The van der Waals surface area contributed by atoms with Crippen LogP contribution < -0.4 is 27.4 Å². The second kappa shape index (κ2) is 16.5. The van der Waals surface area contributed by atoms with Gasteiger partial charge in [0.15, 0.2) is 0 Å². The number of carbonyl (C=O) groups is 5. The molecule has 1 heterocycles. The summed E-state index contributed by atoms with van der Waals surface area (Å²) in [6.45, 7) is 0.384. The zero-order valence-corrected chi connectivity index (χ0v) is 23.2. The van der Waals surface area contributed by atoms with E-state index in [4.69, 9.17) is 11.5 Å². The van der Waals surface area contributed by atoms with Crippen LogP contribution in [-0.4, -0.2) is 87.6 Å². The number of nitrogens with one attached hydrogen (secondary N) is 4. The molecule has 40 heavy (non-hydrogen) atoms. The molecular weight excluding hydrogens is 540 g/mol. The molecule has 1 aromatic carbocycles. The normalized spacial score (nSPS) is 14.1. The van der Waals surface area contributed by atoms with Crippen LogP contribution in [0.5, 0.6) is 0 Å². The number of rotatable bonds is 18. The van der Waals surface area contributed by atoms with Crippen LogP contribution in [0.15, 0.2) is 30.5 Å². The highest BCUT2D eigenvalue weighted by Gasteiger charge is 2.31. The molecule has 0 aliphatic carbocycles. The Morgan fingerprint density at radius 2 is 1.57 bits per heavy atom. The van der Waals surface area contributed by atoms with Crippen LogP contribution in [0.2, 0.25) is 0 Å². The first-order chi connectivity index (χ1) is 19.1. The van der Waals surface area contributed by atoms with Gasteiger partial charge in [0, 0.05) is 17.1 Å². The zero-order valence-electron chi connectivity index (χ0n) is 22.4. The van der Waals surface area contributed by atoms with E-state index in [1.54, 1.807) is 12.5 Å². The van der Waals surface area contributed by atoms with Gasteiger partial charge in [-0.3, -0.25) is 19.2 Å². The van der Waals surface area contributed by atoms with Gasteiger partial charge in [0.05, 0.1) is 12.5 Å². The molecule has 0 bridgehead atoms. The maximum absolute atomic E-state index is 13.1. The topological polar surface area (TPSA) is 230 Å². The van der Waals surface area contributed by atoms with Crippen LogP contribution in [-0.2, 0) is 30.4 Å². The van der Waals surface area contributed by atoms with Crippen molar-refractivity contribution in [2.75, 3.05) is 18.6 Å². The third-order valence-corrected chi connectivity index (χ3v) is 6.91. The lowest BCUT2D eigenvalue weighted by Crippen LogP contribution is -2.57. The molecule has 0 radical (unpaired) electrons. The van der Waals surface area contributed by atoms with Crippen molar-refractivity contribution in [3.8, 4) is 0 Å². The minimum absolute atomic E-state index is 0.136. The smallest absolute Gasteiger partial charge is 0.326 e. The average Bonchev–Trinajstić information content (AvgIpc) is 3.32. The highest BCUT2D eigenvalue weighted by Crippen LogP contribution is 2.19. The van der Waals surface area contributed by atoms with Gasteiger partial charge in [-0.25, -0.2) is 4.79 Å². The van der Waals surface area contributed by atoms with Crippen LogP contribution in [0.25, 0.3) is 10.9 Å². The fourth-order valence-electron chi connectivity index (χ4n) is 4.09. The maximum Gasteiger partial charge on any atom is 0.326 e. The summed E-state index contributed by atoms with van der Waals surface area (Å²) in [5.41, 5.74) is 13.2. The molecule has 2 aromatic rings. The fraction of sp³-hybridized carbons (Fsp3) is 0.500. The van der Waals surface area contributed by atoms with E-state index in [0.29, 0.717) is 25.1 Å². The summed E-state index contributed by atoms with van der Waals surface area (Å²) in [6.07, 6.45) is 4.31. The first kappa shape index (κ1) is 32.6. The number of aromatic nitrogens is 1. The van der Waals surface area contributed by atoms with Crippen LogP contribution in [0.1, 0.15) is 37.7 Å². The van der Waals surface area contributed by atoms with Gasteiger partial charge < -0.3 is 42.6 Å². The minimum atomic E-state index is -1.51. The number of H-pyrrole nitrogens is 1. The van der Waals surface area contributed by atoms with E-state index in [-0.39, 0.29) is 19.3 Å². The SMILES string of the molecule is CSCCC(NC(=O)C(CC(=O)O)NC(=O)C(N)Cc1c[nH]c2ccccc12)C(=O)NC(CCCCN)C(=O)O. The molecule has 10 N–H and O–H groups in total. The van der Waals surface area contributed by atoms with Gasteiger partial charge in [0.1, 0.15) is 18.1 Å². The van der Waals surface area contributed by atoms with E-state index in [1.165, 1.54) is 11.8 Å². The van der Waals surface area contributed by atoms with Gasteiger partial charge in [-0.05, 0) is 62.3 Å². The standard InChI is InChI=1S/C26H38N6O7S/c1-40-11-9-19(24(36)31-20(26(38)39)8-4-5-10-27)30-25(37)21(13-22(33)34)32-23(35)17(28)12-15-14-29-18-7-3-2-6-16(15)18/h2-3,6-7,14,17,19-21,29H,4-5,8-13,27-28H2,1H3,(H,30,37)(H,31,36)(H,32,35)(H,33,34)(H,38,39). The van der Waals surface area contributed by atoms with Crippen LogP contribution in [0.4, 0.5) is 0 Å². The van der Waals surface area contributed by atoms with E-state index in [0.717, 1.165) is 16.5 Å². The van der Waals surface area contributed by atoms with Crippen molar-refractivity contribution in [2.45, 2.75) is 62.7 Å². The number of nitrogens with two attached hydrogens (primary N) is 2. The van der Waals surface area contributed by atoms with Crippen molar-refractivity contribution in [1.29, 1.82) is 0 Å². The van der Waals surface area contributed by atoms with Crippen molar-refractivity contribution in [3.63, 3.8) is 0 Å². The first-order valence-electron chi connectivity index (χ1n) is 12.9. The Hall–Kier alpha value is -3.62. The largest absolute Gasteiger partial charge is 0.481 e. The number of carboxylic acid groups (broad SMARTS) is 2. The van der Waals surface area contributed by atoms with Gasteiger partial charge in [-0.15, -0.1) is 0 Å². The number of para-hydroxylation sites is 1. The second-order valence-corrected chi connectivity index (χ2v) is 10.3. The number of unbranched alkanes of at least 4 members (excludes halogenated alkanes) is 1. The molecule has 0 aliphatic heterocycles. The summed E-state index contributed by atoms with van der Waals surface area (Å²) in [7, 11) is 0. The van der Waals surface area contributed by atoms with E-state index < -0.39 is 60.2 Å². The molecule has 0 fully saturated rings. The Labute approximate surface area is 236 Å². The number of amides is 3. The molecule has 1 aromatic heterocycles. The Kier molecular flexibility index (Phi) is 13.4. The second-order valence-electron chi connectivity index (χ2n) is 9.36. The van der Waals surface area contributed by atoms with E-state index >= 15 is 0 Å². The number of thioether (sulfide) groups is 1. The van der Waals surface area contributed by atoms with E-state index in [1.807, 2.05) is 24.3 Å². The summed E-state index contributed by atoms with van der Waals surface area (Å²) in [5, 5.41) is 27.0. The Morgan fingerprint density at radius 3 is 2.23 bits per heavy atom. The Balaban J connectivity index is 2.10. The highest BCUT2D eigenvalue weighted by molar-refractivity contribution is 7.98. The molecule has 2 rings (SSSR count). The summed E-state index contributed by atoms with van der Waals surface area (Å²) >= 11 is 1.41. The van der Waals surface area contributed by atoms with Crippen LogP contribution >= 0.6 is 11.8 Å². The first-order valence-corrected chi connectivity index (χ1v) is 14.3.